The Morgan fingerprint density at radius 2 is 2.05 bits per heavy atom. The van der Waals surface area contributed by atoms with Crippen molar-refractivity contribution in [3.05, 3.63) is 23.8 Å². The second-order valence-electron chi connectivity index (χ2n) is 6.21. The molecule has 22 heavy (non-hydrogen) atoms. The van der Waals surface area contributed by atoms with E-state index >= 15 is 0 Å². The van der Waals surface area contributed by atoms with Gasteiger partial charge in [-0.1, -0.05) is 0 Å². The number of aryl methyl sites for hydroxylation is 1. The van der Waals surface area contributed by atoms with Crippen LogP contribution in [0.2, 0.25) is 0 Å². The number of carboxylic acid groups (broad SMARTS) is 1. The zero-order chi connectivity index (χ0) is 16.3. The smallest absolute Gasteiger partial charge is 0.414 e. The second-order valence-corrected chi connectivity index (χ2v) is 6.21. The Kier molecular flexibility index (Phi) is 4.59. The van der Waals surface area contributed by atoms with Crippen molar-refractivity contribution in [1.82, 2.24) is 0 Å². The van der Waals surface area contributed by atoms with E-state index in [1.54, 1.807) is 23.1 Å². The zero-order valence-electron chi connectivity index (χ0n) is 13.1. The fourth-order valence-corrected chi connectivity index (χ4v) is 2.32. The number of carbonyl (C=O) groups excluding carboxylic acids is 1. The van der Waals surface area contributed by atoms with E-state index in [-0.39, 0.29) is 12.7 Å². The van der Waals surface area contributed by atoms with Gasteiger partial charge < -0.3 is 14.6 Å². The lowest BCUT2D eigenvalue weighted by Gasteiger charge is -2.31. The van der Waals surface area contributed by atoms with Gasteiger partial charge >= 0.3 is 12.1 Å². The maximum atomic E-state index is 12.3. The molecule has 6 nitrogen and oxygen atoms in total. The summed E-state index contributed by atoms with van der Waals surface area (Å²) in [6.07, 6.45) is 1.28. The third kappa shape index (κ3) is 4.13. The normalized spacial score (nSPS) is 14.2. The fraction of sp³-hybridized carbons (Fsp3) is 0.500. The maximum absolute atomic E-state index is 12.3. The van der Waals surface area contributed by atoms with E-state index in [2.05, 4.69) is 0 Å². The Hall–Kier alpha value is -2.24. The van der Waals surface area contributed by atoms with Crippen LogP contribution < -0.4 is 9.64 Å². The van der Waals surface area contributed by atoms with Gasteiger partial charge in [-0.05, 0) is 57.4 Å². The maximum Gasteiger partial charge on any atom is 0.414 e. The number of carboxylic acids is 1. The van der Waals surface area contributed by atoms with Crippen molar-refractivity contribution < 1.29 is 24.2 Å². The number of benzene rings is 1. The number of hydrogen-bond donors (Lipinski definition) is 1. The summed E-state index contributed by atoms with van der Waals surface area (Å²) in [6.45, 7) is 5.72. The van der Waals surface area contributed by atoms with Crippen LogP contribution in [0.15, 0.2) is 18.2 Å². The van der Waals surface area contributed by atoms with Gasteiger partial charge in [-0.15, -0.1) is 0 Å². The molecular formula is C16H21NO5. The van der Waals surface area contributed by atoms with Gasteiger partial charge in [0.1, 0.15) is 11.4 Å². The Morgan fingerprint density at radius 3 is 2.68 bits per heavy atom. The highest BCUT2D eigenvalue weighted by atomic mass is 16.6. The quantitative estimate of drug-likeness (QED) is 0.929. The van der Waals surface area contributed by atoms with Crippen molar-refractivity contribution >= 4 is 17.7 Å². The standard InChI is InChI=1S/C16H21NO5/c1-16(2,3)22-15(20)17-8-4-5-11-9-12(6-7-13(11)17)21-10-14(18)19/h6-7,9H,4-5,8,10H2,1-3H3,(H,18,19). The Labute approximate surface area is 129 Å². The molecule has 1 aliphatic rings. The van der Waals surface area contributed by atoms with Crippen LogP contribution in [0.1, 0.15) is 32.8 Å². The summed E-state index contributed by atoms with van der Waals surface area (Å²) >= 11 is 0. The zero-order valence-corrected chi connectivity index (χ0v) is 13.1. The van der Waals surface area contributed by atoms with Crippen LogP contribution in [0, 0.1) is 0 Å². The number of anilines is 1. The Morgan fingerprint density at radius 1 is 1.32 bits per heavy atom. The first-order chi connectivity index (χ1) is 10.3. The van der Waals surface area contributed by atoms with Gasteiger partial charge in [0.25, 0.3) is 0 Å². The molecule has 0 aromatic heterocycles. The summed E-state index contributed by atoms with van der Waals surface area (Å²) < 4.78 is 10.6. The SMILES string of the molecule is CC(C)(C)OC(=O)N1CCCc2cc(OCC(=O)O)ccc21. The molecule has 1 aromatic rings. The summed E-state index contributed by atoms with van der Waals surface area (Å²) in [7, 11) is 0. The monoisotopic (exact) mass is 307 g/mol. The van der Waals surface area contributed by atoms with E-state index in [0.29, 0.717) is 12.3 Å². The van der Waals surface area contributed by atoms with Crippen molar-refractivity contribution in [2.24, 2.45) is 0 Å². The minimum absolute atomic E-state index is 0.368. The van der Waals surface area contributed by atoms with Crippen LogP contribution in [0.4, 0.5) is 10.5 Å². The lowest BCUT2D eigenvalue weighted by atomic mass is 10.0. The molecule has 0 radical (unpaired) electrons. The third-order valence-corrected chi connectivity index (χ3v) is 3.15. The highest BCUT2D eigenvalue weighted by Gasteiger charge is 2.27. The minimum atomic E-state index is -1.02. The van der Waals surface area contributed by atoms with Crippen LogP contribution in [-0.2, 0) is 16.0 Å². The van der Waals surface area contributed by atoms with Gasteiger partial charge in [0.05, 0.1) is 5.69 Å². The third-order valence-electron chi connectivity index (χ3n) is 3.15. The van der Waals surface area contributed by atoms with E-state index in [4.69, 9.17) is 14.6 Å². The molecule has 0 aliphatic carbocycles. The molecule has 2 rings (SSSR count). The molecule has 1 amide bonds. The summed E-state index contributed by atoms with van der Waals surface area (Å²) in [5.74, 6) is -0.528. The molecule has 0 spiro atoms. The number of rotatable bonds is 3. The highest BCUT2D eigenvalue weighted by Crippen LogP contribution is 2.31. The number of nitrogens with zero attached hydrogens (tertiary/aromatic N) is 1. The van der Waals surface area contributed by atoms with Crippen LogP contribution >= 0.6 is 0 Å². The molecule has 1 aromatic carbocycles. The van der Waals surface area contributed by atoms with E-state index < -0.39 is 11.6 Å². The van der Waals surface area contributed by atoms with Crippen LogP contribution in [-0.4, -0.2) is 35.9 Å². The number of ether oxygens (including phenoxy) is 2. The topological polar surface area (TPSA) is 76.1 Å². The van der Waals surface area contributed by atoms with Crippen molar-refractivity contribution in [3.8, 4) is 5.75 Å². The molecule has 0 atom stereocenters. The lowest BCUT2D eigenvalue weighted by Crippen LogP contribution is -2.39. The molecule has 0 saturated carbocycles. The summed E-state index contributed by atoms with van der Waals surface area (Å²) in [5.41, 5.74) is 1.21. The molecule has 0 unspecified atom stereocenters. The number of fused-ring (bicyclic) bond motifs is 1. The predicted octanol–water partition coefficient (Wildman–Crippen LogP) is 2.84. The summed E-state index contributed by atoms with van der Waals surface area (Å²) in [4.78, 5) is 24.4. The molecule has 1 heterocycles. The fourth-order valence-electron chi connectivity index (χ4n) is 2.32. The Balaban J connectivity index is 2.17. The number of aliphatic carboxylic acids is 1. The van der Waals surface area contributed by atoms with Gasteiger partial charge in [-0.25, -0.2) is 9.59 Å². The van der Waals surface area contributed by atoms with E-state index in [1.807, 2.05) is 20.8 Å². The molecular weight excluding hydrogens is 286 g/mol. The second kappa shape index (κ2) is 6.25. The lowest BCUT2D eigenvalue weighted by molar-refractivity contribution is -0.139. The first-order valence-corrected chi connectivity index (χ1v) is 7.24. The first-order valence-electron chi connectivity index (χ1n) is 7.24. The molecule has 0 saturated heterocycles. The van der Waals surface area contributed by atoms with Gasteiger partial charge in [-0.2, -0.15) is 0 Å². The van der Waals surface area contributed by atoms with Crippen molar-refractivity contribution in [2.75, 3.05) is 18.1 Å². The van der Waals surface area contributed by atoms with Gasteiger partial charge in [-0.3, -0.25) is 4.90 Å². The Bertz CT molecular complexity index is 576. The van der Waals surface area contributed by atoms with Crippen molar-refractivity contribution in [3.63, 3.8) is 0 Å². The molecule has 0 fully saturated rings. The molecule has 6 heteroatoms. The first kappa shape index (κ1) is 16.1. The average molecular weight is 307 g/mol. The predicted molar refractivity (Wildman–Crippen MR) is 81.5 cm³/mol. The van der Waals surface area contributed by atoms with E-state index in [0.717, 1.165) is 24.1 Å². The molecule has 0 bridgehead atoms. The van der Waals surface area contributed by atoms with Crippen LogP contribution in [0.5, 0.6) is 5.75 Å². The molecule has 120 valence electrons. The van der Waals surface area contributed by atoms with E-state index in [9.17, 15) is 9.59 Å². The van der Waals surface area contributed by atoms with Gasteiger partial charge in [0.2, 0.25) is 0 Å². The van der Waals surface area contributed by atoms with Crippen molar-refractivity contribution in [2.45, 2.75) is 39.2 Å². The van der Waals surface area contributed by atoms with Crippen LogP contribution in [0.25, 0.3) is 0 Å². The molecule has 1 N–H and O–H groups in total. The summed E-state index contributed by atoms with van der Waals surface area (Å²) in [6, 6.07) is 5.23. The minimum Gasteiger partial charge on any atom is -0.482 e. The number of carbonyl (C=O) groups is 2. The van der Waals surface area contributed by atoms with Crippen molar-refractivity contribution in [1.29, 1.82) is 0 Å². The van der Waals surface area contributed by atoms with Gasteiger partial charge in [0.15, 0.2) is 6.61 Å². The van der Waals surface area contributed by atoms with Crippen LogP contribution in [0.3, 0.4) is 0 Å². The molecule has 1 aliphatic heterocycles. The number of amides is 1. The largest absolute Gasteiger partial charge is 0.482 e. The number of hydrogen-bond acceptors (Lipinski definition) is 4. The van der Waals surface area contributed by atoms with E-state index in [1.165, 1.54) is 0 Å². The summed E-state index contributed by atoms with van der Waals surface area (Å²) in [5, 5.41) is 8.64. The van der Waals surface area contributed by atoms with Gasteiger partial charge in [0, 0.05) is 6.54 Å². The average Bonchev–Trinajstić information content (AvgIpc) is 2.42. The highest BCUT2D eigenvalue weighted by molar-refractivity contribution is 5.89.